The summed E-state index contributed by atoms with van der Waals surface area (Å²) in [7, 11) is 0. The minimum absolute atomic E-state index is 0.613. The van der Waals surface area contributed by atoms with Crippen molar-refractivity contribution in [1.29, 1.82) is 0 Å². The average molecular weight is 294 g/mol. The molecule has 1 aromatic carbocycles. The van der Waals surface area contributed by atoms with Crippen molar-refractivity contribution in [2.75, 3.05) is 18.0 Å². The first-order valence-electron chi connectivity index (χ1n) is 6.53. The van der Waals surface area contributed by atoms with Gasteiger partial charge in [-0.3, -0.25) is 5.10 Å². The van der Waals surface area contributed by atoms with E-state index in [1.165, 1.54) is 24.2 Å². The maximum Gasteiger partial charge on any atom is 0.119 e. The largest absolute Gasteiger partial charge is 0.368 e. The molecule has 0 saturated carbocycles. The third-order valence-corrected chi connectivity index (χ3v) is 4.82. The second-order valence-corrected chi connectivity index (χ2v) is 6.01. The van der Waals surface area contributed by atoms with E-state index >= 15 is 0 Å². The van der Waals surface area contributed by atoms with E-state index in [1.54, 1.807) is 0 Å². The van der Waals surface area contributed by atoms with Crippen molar-refractivity contribution >= 4 is 28.9 Å². The molecule has 1 saturated heterocycles. The Hall–Kier alpha value is -1.19. The summed E-state index contributed by atoms with van der Waals surface area (Å²) in [5, 5.41) is 9.01. The predicted octanol–water partition coefficient (Wildman–Crippen LogP) is 4.08. The first-order chi connectivity index (χ1) is 9.25. The molecule has 2 bridgehead atoms. The zero-order valence-corrected chi connectivity index (χ0v) is 11.8. The number of piperidine rings is 1. The molecule has 1 fully saturated rings. The van der Waals surface area contributed by atoms with Gasteiger partial charge in [-0.25, -0.2) is 0 Å². The molecule has 3 aliphatic rings. The highest BCUT2D eigenvalue weighted by Crippen LogP contribution is 2.48. The summed E-state index contributed by atoms with van der Waals surface area (Å²) in [4.78, 5) is 2.40. The minimum Gasteiger partial charge on any atom is -0.368 e. The summed E-state index contributed by atoms with van der Waals surface area (Å²) >= 11 is 12.6. The molecule has 19 heavy (non-hydrogen) atoms. The van der Waals surface area contributed by atoms with Gasteiger partial charge in [0.25, 0.3) is 0 Å². The average Bonchev–Trinajstić information content (AvgIpc) is 2.87. The van der Waals surface area contributed by atoms with E-state index in [4.69, 9.17) is 23.2 Å². The third kappa shape index (κ3) is 1.61. The topological polar surface area (TPSA) is 31.9 Å². The van der Waals surface area contributed by atoms with E-state index in [1.807, 2.05) is 18.2 Å². The van der Waals surface area contributed by atoms with Gasteiger partial charge in [-0.1, -0.05) is 29.3 Å². The Morgan fingerprint density at radius 3 is 2.53 bits per heavy atom. The van der Waals surface area contributed by atoms with Crippen LogP contribution in [-0.2, 0) is 0 Å². The molecular weight excluding hydrogens is 281 g/mol. The summed E-state index contributed by atoms with van der Waals surface area (Å²) in [5.74, 6) is 0.613. The van der Waals surface area contributed by atoms with Crippen molar-refractivity contribution in [2.45, 2.75) is 18.8 Å². The van der Waals surface area contributed by atoms with Gasteiger partial charge in [-0.05, 0) is 25.0 Å². The number of anilines is 1. The van der Waals surface area contributed by atoms with Crippen molar-refractivity contribution in [3.63, 3.8) is 0 Å². The number of halogens is 2. The van der Waals surface area contributed by atoms with Crippen molar-refractivity contribution in [3.8, 4) is 11.3 Å². The number of hydrogen-bond donors (Lipinski definition) is 1. The lowest BCUT2D eigenvalue weighted by Crippen LogP contribution is -2.38. The zero-order valence-electron chi connectivity index (χ0n) is 10.3. The van der Waals surface area contributed by atoms with Gasteiger partial charge >= 0.3 is 0 Å². The van der Waals surface area contributed by atoms with Crippen LogP contribution in [0.3, 0.4) is 0 Å². The van der Waals surface area contributed by atoms with E-state index < -0.39 is 0 Å². The first kappa shape index (κ1) is 11.6. The van der Waals surface area contributed by atoms with Crippen molar-refractivity contribution in [1.82, 2.24) is 10.2 Å². The standard InChI is InChI=1S/C14H13Cl2N3/c15-9-2-1-3-10(16)11(9)13-14-12(17-18-13)8-4-6-19(14)7-5-8/h1-3,8H,4-7H2,(H,17,18). The highest BCUT2D eigenvalue weighted by Gasteiger charge is 2.35. The number of fused-ring (bicyclic) bond motifs is 2. The normalized spacial score (nSPS) is 17.9. The SMILES string of the molecule is Clc1cccc(Cl)c1-c1n[nH]c2c1N1CCC2CC1. The number of nitrogens with zero attached hydrogens (tertiary/aromatic N) is 2. The van der Waals surface area contributed by atoms with E-state index in [2.05, 4.69) is 15.1 Å². The summed E-state index contributed by atoms with van der Waals surface area (Å²) in [6, 6.07) is 5.58. The molecule has 0 amide bonds. The molecule has 3 aliphatic heterocycles. The lowest BCUT2D eigenvalue weighted by molar-refractivity contribution is 0.466. The van der Waals surface area contributed by atoms with Gasteiger partial charge in [0.05, 0.1) is 21.4 Å². The molecule has 5 heteroatoms. The van der Waals surface area contributed by atoms with Crippen LogP contribution in [0.15, 0.2) is 18.2 Å². The molecule has 4 heterocycles. The second-order valence-electron chi connectivity index (χ2n) is 5.19. The zero-order chi connectivity index (χ0) is 13.0. The lowest BCUT2D eigenvalue weighted by Gasteiger charge is -2.40. The van der Waals surface area contributed by atoms with Crippen LogP contribution in [0.2, 0.25) is 10.0 Å². The molecule has 2 aromatic rings. The number of H-pyrrole nitrogens is 1. The van der Waals surface area contributed by atoms with Crippen molar-refractivity contribution in [3.05, 3.63) is 33.9 Å². The molecule has 5 rings (SSSR count). The van der Waals surface area contributed by atoms with Crippen LogP contribution in [0.5, 0.6) is 0 Å². The fourth-order valence-corrected chi connectivity index (χ4v) is 3.82. The number of hydrogen-bond acceptors (Lipinski definition) is 2. The second kappa shape index (κ2) is 4.15. The summed E-state index contributed by atoms with van der Waals surface area (Å²) in [6.45, 7) is 2.21. The molecule has 0 atom stereocenters. The van der Waals surface area contributed by atoms with Gasteiger partial charge < -0.3 is 4.90 Å². The molecule has 0 unspecified atom stereocenters. The smallest absolute Gasteiger partial charge is 0.119 e. The molecule has 0 aliphatic carbocycles. The fourth-order valence-electron chi connectivity index (χ4n) is 3.24. The molecule has 3 nitrogen and oxygen atoms in total. The number of aromatic amines is 1. The van der Waals surface area contributed by atoms with Crippen LogP contribution in [0.1, 0.15) is 24.5 Å². The first-order valence-corrected chi connectivity index (χ1v) is 7.29. The van der Waals surface area contributed by atoms with Crippen molar-refractivity contribution in [2.24, 2.45) is 0 Å². The Kier molecular flexibility index (Phi) is 2.54. The van der Waals surface area contributed by atoms with Crippen LogP contribution in [0.25, 0.3) is 11.3 Å². The number of aromatic nitrogens is 2. The van der Waals surface area contributed by atoms with Crippen LogP contribution in [0.4, 0.5) is 5.69 Å². The summed E-state index contributed by atoms with van der Waals surface area (Å²) in [6.07, 6.45) is 2.43. The monoisotopic (exact) mass is 293 g/mol. The molecule has 0 spiro atoms. The quantitative estimate of drug-likeness (QED) is 0.859. The molecular formula is C14H13Cl2N3. The Bertz CT molecular complexity index is 622. The van der Waals surface area contributed by atoms with E-state index in [9.17, 15) is 0 Å². The maximum atomic E-state index is 6.31. The van der Waals surface area contributed by atoms with Crippen LogP contribution in [-0.4, -0.2) is 23.3 Å². The van der Waals surface area contributed by atoms with Gasteiger partial charge in [0, 0.05) is 24.6 Å². The van der Waals surface area contributed by atoms with Gasteiger partial charge in [0.15, 0.2) is 0 Å². The Morgan fingerprint density at radius 1 is 1.16 bits per heavy atom. The van der Waals surface area contributed by atoms with Crippen LogP contribution >= 0.6 is 23.2 Å². The summed E-state index contributed by atoms with van der Waals surface area (Å²) in [5.41, 5.74) is 4.20. The molecule has 98 valence electrons. The maximum absolute atomic E-state index is 6.31. The van der Waals surface area contributed by atoms with Gasteiger partial charge in [-0.2, -0.15) is 5.10 Å². The predicted molar refractivity (Wildman–Crippen MR) is 78.2 cm³/mol. The Labute approximate surface area is 121 Å². The molecule has 1 aromatic heterocycles. The Morgan fingerprint density at radius 2 is 1.84 bits per heavy atom. The highest BCUT2D eigenvalue weighted by molar-refractivity contribution is 6.39. The minimum atomic E-state index is 0.613. The molecule has 1 N–H and O–H groups in total. The van der Waals surface area contributed by atoms with Crippen LogP contribution in [0, 0.1) is 0 Å². The Balaban J connectivity index is 1.95. The van der Waals surface area contributed by atoms with Gasteiger partial charge in [-0.15, -0.1) is 0 Å². The third-order valence-electron chi connectivity index (χ3n) is 4.19. The lowest BCUT2D eigenvalue weighted by atomic mass is 9.86. The van der Waals surface area contributed by atoms with E-state index in [-0.39, 0.29) is 0 Å². The van der Waals surface area contributed by atoms with Crippen molar-refractivity contribution < 1.29 is 0 Å². The van der Waals surface area contributed by atoms with Crippen LogP contribution < -0.4 is 4.90 Å². The molecule has 0 radical (unpaired) electrons. The van der Waals surface area contributed by atoms with E-state index in [0.29, 0.717) is 16.0 Å². The fraction of sp³-hybridized carbons (Fsp3) is 0.357. The number of nitrogens with one attached hydrogen (secondary N) is 1. The van der Waals surface area contributed by atoms with Gasteiger partial charge in [0.1, 0.15) is 5.69 Å². The number of rotatable bonds is 1. The van der Waals surface area contributed by atoms with Gasteiger partial charge in [0.2, 0.25) is 0 Å². The number of benzene rings is 1. The summed E-state index contributed by atoms with van der Waals surface area (Å²) < 4.78 is 0. The van der Waals surface area contributed by atoms with E-state index in [0.717, 1.165) is 24.3 Å². The highest BCUT2D eigenvalue weighted by atomic mass is 35.5.